The van der Waals surface area contributed by atoms with Gasteiger partial charge in [0.1, 0.15) is 17.9 Å². The number of nitrogens with zero attached hydrogens (tertiary/aromatic N) is 2. The van der Waals surface area contributed by atoms with Gasteiger partial charge >= 0.3 is 0 Å². The van der Waals surface area contributed by atoms with E-state index in [-0.39, 0.29) is 0 Å². The molecule has 3 rings (SSSR count). The number of aliphatic hydroxyl groups excluding tert-OH is 1. The largest absolute Gasteiger partial charge is 0.486 e. The summed E-state index contributed by atoms with van der Waals surface area (Å²) in [6.07, 6.45) is 4.45. The van der Waals surface area contributed by atoms with E-state index in [1.54, 1.807) is 12.3 Å². The lowest BCUT2D eigenvalue weighted by Gasteiger charge is -2.25. The molecule has 1 heterocycles. The topological polar surface area (TPSA) is 66.1 Å². The van der Waals surface area contributed by atoms with E-state index in [9.17, 15) is 10.4 Å². The Bertz CT molecular complexity index is 920. The molecule has 0 saturated heterocycles. The maximum Gasteiger partial charge on any atom is 0.145 e. The highest BCUT2D eigenvalue weighted by molar-refractivity contribution is 5.73. The molecule has 0 amide bonds. The molecule has 1 aromatic heterocycles. The summed E-state index contributed by atoms with van der Waals surface area (Å²) >= 11 is 0. The van der Waals surface area contributed by atoms with E-state index in [0.717, 1.165) is 23.1 Å². The van der Waals surface area contributed by atoms with Gasteiger partial charge in [0.05, 0.1) is 11.7 Å². The van der Waals surface area contributed by atoms with Gasteiger partial charge in [-0.15, -0.1) is 0 Å². The van der Waals surface area contributed by atoms with Crippen LogP contribution < -0.4 is 4.74 Å². The van der Waals surface area contributed by atoms with Gasteiger partial charge in [-0.3, -0.25) is 4.98 Å². The molecular formula is C24H24N2O2. The van der Waals surface area contributed by atoms with Crippen LogP contribution in [0.2, 0.25) is 0 Å². The van der Waals surface area contributed by atoms with Crippen molar-refractivity contribution < 1.29 is 9.84 Å². The smallest absolute Gasteiger partial charge is 0.145 e. The second-order valence-corrected chi connectivity index (χ2v) is 6.69. The van der Waals surface area contributed by atoms with Gasteiger partial charge in [0, 0.05) is 18.0 Å². The summed E-state index contributed by atoms with van der Waals surface area (Å²) in [7, 11) is 0. The third kappa shape index (κ3) is 4.76. The van der Waals surface area contributed by atoms with Gasteiger partial charge in [-0.1, -0.05) is 55.5 Å². The summed E-state index contributed by atoms with van der Waals surface area (Å²) in [6.45, 7) is 1.98. The number of ether oxygens (including phenoxy) is 1. The summed E-state index contributed by atoms with van der Waals surface area (Å²) in [5.74, 6) is 0.531. The van der Waals surface area contributed by atoms with Gasteiger partial charge in [0.25, 0.3) is 0 Å². The number of aliphatic hydroxyl groups is 1. The van der Waals surface area contributed by atoms with E-state index in [0.29, 0.717) is 24.2 Å². The van der Waals surface area contributed by atoms with Crippen LogP contribution in [-0.2, 0) is 6.42 Å². The lowest BCUT2D eigenvalue weighted by Crippen LogP contribution is -2.32. The van der Waals surface area contributed by atoms with Crippen molar-refractivity contribution in [1.29, 1.82) is 5.26 Å². The first-order valence-electron chi connectivity index (χ1n) is 9.55. The molecule has 0 fully saturated rings. The molecule has 0 spiro atoms. The molecule has 2 atom stereocenters. The number of rotatable bonds is 8. The number of pyridine rings is 1. The van der Waals surface area contributed by atoms with Crippen molar-refractivity contribution in [3.8, 4) is 22.9 Å². The van der Waals surface area contributed by atoms with E-state index < -0.39 is 12.2 Å². The number of para-hydroxylation sites is 1. The van der Waals surface area contributed by atoms with Gasteiger partial charge in [0.2, 0.25) is 0 Å². The fraction of sp³-hybridized carbons (Fsp3) is 0.250. The van der Waals surface area contributed by atoms with E-state index in [1.165, 1.54) is 0 Å². The van der Waals surface area contributed by atoms with Gasteiger partial charge in [-0.2, -0.15) is 5.26 Å². The van der Waals surface area contributed by atoms with Crippen LogP contribution >= 0.6 is 0 Å². The van der Waals surface area contributed by atoms with Crippen LogP contribution in [0.3, 0.4) is 0 Å². The minimum atomic E-state index is -0.638. The molecule has 4 heteroatoms. The van der Waals surface area contributed by atoms with Crippen molar-refractivity contribution in [2.24, 2.45) is 0 Å². The molecule has 0 aliphatic heterocycles. The molecule has 0 bridgehead atoms. The molecule has 0 aliphatic carbocycles. The van der Waals surface area contributed by atoms with E-state index in [2.05, 4.69) is 11.1 Å². The zero-order valence-electron chi connectivity index (χ0n) is 16.0. The van der Waals surface area contributed by atoms with Crippen LogP contribution in [0.1, 0.15) is 30.9 Å². The Morgan fingerprint density at radius 1 is 1.07 bits per heavy atom. The SMILES string of the molecule is CCC(Oc1c(C#N)cccc1-c1ccccc1)C(O)CCc1cccnc1. The average molecular weight is 372 g/mol. The highest BCUT2D eigenvalue weighted by Gasteiger charge is 2.22. The highest BCUT2D eigenvalue weighted by atomic mass is 16.5. The van der Waals surface area contributed by atoms with Crippen molar-refractivity contribution in [2.75, 3.05) is 0 Å². The van der Waals surface area contributed by atoms with Crippen LogP contribution in [0.25, 0.3) is 11.1 Å². The molecule has 2 unspecified atom stereocenters. The maximum atomic E-state index is 10.7. The molecule has 28 heavy (non-hydrogen) atoms. The Morgan fingerprint density at radius 2 is 1.89 bits per heavy atom. The molecule has 0 radical (unpaired) electrons. The molecule has 142 valence electrons. The van der Waals surface area contributed by atoms with Crippen LogP contribution in [0.4, 0.5) is 0 Å². The number of aryl methyl sites for hydroxylation is 1. The Hall–Kier alpha value is -3.16. The van der Waals surface area contributed by atoms with Crippen LogP contribution in [0.15, 0.2) is 73.1 Å². The van der Waals surface area contributed by atoms with Gasteiger partial charge in [0.15, 0.2) is 0 Å². The predicted octanol–water partition coefficient (Wildman–Crippen LogP) is 4.77. The van der Waals surface area contributed by atoms with Crippen LogP contribution in [0, 0.1) is 11.3 Å². The summed E-state index contributed by atoms with van der Waals surface area (Å²) < 4.78 is 6.23. The molecule has 3 aromatic rings. The van der Waals surface area contributed by atoms with Crippen LogP contribution in [0.5, 0.6) is 5.75 Å². The van der Waals surface area contributed by atoms with Crippen molar-refractivity contribution in [2.45, 2.75) is 38.4 Å². The molecule has 1 N–H and O–H groups in total. The monoisotopic (exact) mass is 372 g/mol. The Kier molecular flexibility index (Phi) is 6.78. The summed E-state index contributed by atoms with van der Waals surface area (Å²) in [5, 5.41) is 20.3. The first-order valence-corrected chi connectivity index (χ1v) is 9.55. The Balaban J connectivity index is 1.81. The standard InChI is InChI=1S/C24H24N2O2/c1-2-23(22(27)14-13-18-8-7-15-26-17-18)28-24-20(16-25)11-6-12-21(24)19-9-4-3-5-10-19/h3-12,15,17,22-23,27H,2,13-14H2,1H3. The molecule has 4 nitrogen and oxygen atoms in total. The fourth-order valence-electron chi connectivity index (χ4n) is 3.23. The lowest BCUT2D eigenvalue weighted by molar-refractivity contribution is 0.0292. The van der Waals surface area contributed by atoms with Gasteiger partial charge < -0.3 is 9.84 Å². The Morgan fingerprint density at radius 3 is 2.57 bits per heavy atom. The summed E-state index contributed by atoms with van der Waals surface area (Å²) in [5.41, 5.74) is 3.39. The quantitative estimate of drug-likeness (QED) is 0.618. The normalized spacial score (nSPS) is 12.8. The summed E-state index contributed by atoms with van der Waals surface area (Å²) in [6, 6.07) is 21.5. The Labute approximate surface area is 166 Å². The van der Waals surface area contributed by atoms with Gasteiger partial charge in [-0.25, -0.2) is 0 Å². The number of nitriles is 1. The molecule has 2 aromatic carbocycles. The highest BCUT2D eigenvalue weighted by Crippen LogP contribution is 2.34. The first kappa shape index (κ1) is 19.6. The maximum absolute atomic E-state index is 10.7. The number of aromatic nitrogens is 1. The molecular weight excluding hydrogens is 348 g/mol. The average Bonchev–Trinajstić information content (AvgIpc) is 2.77. The minimum absolute atomic E-state index is 0.395. The first-order chi connectivity index (χ1) is 13.7. The zero-order valence-corrected chi connectivity index (χ0v) is 16.0. The third-order valence-electron chi connectivity index (χ3n) is 4.77. The minimum Gasteiger partial charge on any atom is -0.486 e. The number of benzene rings is 2. The summed E-state index contributed by atoms with van der Waals surface area (Å²) in [4.78, 5) is 4.11. The fourth-order valence-corrected chi connectivity index (χ4v) is 3.23. The number of hydrogen-bond donors (Lipinski definition) is 1. The van der Waals surface area contributed by atoms with E-state index >= 15 is 0 Å². The van der Waals surface area contributed by atoms with Crippen molar-refractivity contribution in [3.63, 3.8) is 0 Å². The predicted molar refractivity (Wildman–Crippen MR) is 110 cm³/mol. The third-order valence-corrected chi connectivity index (χ3v) is 4.77. The molecule has 0 saturated carbocycles. The van der Waals surface area contributed by atoms with E-state index in [1.807, 2.05) is 67.7 Å². The van der Waals surface area contributed by atoms with Crippen molar-refractivity contribution in [3.05, 3.63) is 84.2 Å². The van der Waals surface area contributed by atoms with Crippen LogP contribution in [-0.4, -0.2) is 22.3 Å². The number of hydrogen-bond acceptors (Lipinski definition) is 4. The lowest BCUT2D eigenvalue weighted by atomic mass is 10.00. The second-order valence-electron chi connectivity index (χ2n) is 6.69. The van der Waals surface area contributed by atoms with Gasteiger partial charge in [-0.05, 0) is 42.5 Å². The van der Waals surface area contributed by atoms with Crippen molar-refractivity contribution in [1.82, 2.24) is 4.98 Å². The van der Waals surface area contributed by atoms with E-state index in [4.69, 9.17) is 4.74 Å². The molecule has 0 aliphatic rings. The second kappa shape index (κ2) is 9.68. The zero-order chi connectivity index (χ0) is 19.8. The van der Waals surface area contributed by atoms with Crippen molar-refractivity contribution >= 4 is 0 Å².